The SMILES string of the molecule is COC(=O)c1ccc(/C=C2\Oc3c4c(cc(C)c3C2=O)OCN(Cc2ccc3c(c2)OCO3)C4)cc1. The van der Waals surface area contributed by atoms with E-state index in [0.29, 0.717) is 36.7 Å². The minimum Gasteiger partial charge on any atom is -0.478 e. The normalized spacial score (nSPS) is 16.8. The number of Topliss-reactive ketones (excluding diaryl/α,β-unsaturated/α-hetero) is 1. The van der Waals surface area contributed by atoms with Crippen molar-refractivity contribution in [1.82, 2.24) is 4.90 Å². The summed E-state index contributed by atoms with van der Waals surface area (Å²) < 4.78 is 27.8. The third-order valence-electron chi connectivity index (χ3n) is 6.46. The highest BCUT2D eigenvalue weighted by molar-refractivity contribution is 6.16. The summed E-state index contributed by atoms with van der Waals surface area (Å²) in [5.74, 6) is 2.41. The van der Waals surface area contributed by atoms with Gasteiger partial charge in [0, 0.05) is 13.1 Å². The molecule has 0 unspecified atom stereocenters. The molecule has 0 N–H and O–H groups in total. The summed E-state index contributed by atoms with van der Waals surface area (Å²) >= 11 is 0. The molecule has 0 amide bonds. The average Bonchev–Trinajstić information content (AvgIpc) is 3.49. The van der Waals surface area contributed by atoms with E-state index in [1.807, 2.05) is 31.2 Å². The van der Waals surface area contributed by atoms with Crippen LogP contribution >= 0.6 is 0 Å². The van der Waals surface area contributed by atoms with E-state index in [2.05, 4.69) is 4.90 Å². The predicted molar refractivity (Wildman–Crippen MR) is 129 cm³/mol. The lowest BCUT2D eigenvalue weighted by molar-refractivity contribution is 0.0600. The molecule has 8 nitrogen and oxygen atoms in total. The van der Waals surface area contributed by atoms with E-state index in [4.69, 9.17) is 23.7 Å². The molecular formula is C28H23NO7. The molecule has 0 bridgehead atoms. The maximum Gasteiger partial charge on any atom is 0.337 e. The van der Waals surface area contributed by atoms with Gasteiger partial charge >= 0.3 is 5.97 Å². The topological polar surface area (TPSA) is 83.5 Å². The van der Waals surface area contributed by atoms with Crippen molar-refractivity contribution in [3.05, 3.63) is 87.7 Å². The first-order chi connectivity index (χ1) is 17.5. The van der Waals surface area contributed by atoms with Crippen LogP contribution < -0.4 is 18.9 Å². The maximum atomic E-state index is 13.3. The van der Waals surface area contributed by atoms with E-state index >= 15 is 0 Å². The van der Waals surface area contributed by atoms with Crippen LogP contribution in [0.2, 0.25) is 0 Å². The van der Waals surface area contributed by atoms with Crippen molar-refractivity contribution in [1.29, 1.82) is 0 Å². The zero-order chi connectivity index (χ0) is 24.8. The Morgan fingerprint density at radius 2 is 1.83 bits per heavy atom. The van der Waals surface area contributed by atoms with E-state index in [1.165, 1.54) is 7.11 Å². The molecule has 0 radical (unpaired) electrons. The van der Waals surface area contributed by atoms with Crippen LogP contribution in [0.5, 0.6) is 23.0 Å². The van der Waals surface area contributed by atoms with Crippen molar-refractivity contribution in [2.75, 3.05) is 20.6 Å². The fourth-order valence-electron chi connectivity index (χ4n) is 4.66. The first kappa shape index (κ1) is 22.2. The van der Waals surface area contributed by atoms with Gasteiger partial charge in [0.2, 0.25) is 12.6 Å². The van der Waals surface area contributed by atoms with E-state index in [0.717, 1.165) is 39.5 Å². The van der Waals surface area contributed by atoms with Crippen LogP contribution in [-0.2, 0) is 17.8 Å². The first-order valence-electron chi connectivity index (χ1n) is 11.5. The number of fused-ring (bicyclic) bond motifs is 4. The Balaban J connectivity index is 1.26. The van der Waals surface area contributed by atoms with Crippen LogP contribution in [0.25, 0.3) is 6.08 Å². The Labute approximate surface area is 207 Å². The summed E-state index contributed by atoms with van der Waals surface area (Å²) in [5, 5.41) is 0. The number of rotatable bonds is 4. The lowest BCUT2D eigenvalue weighted by atomic mass is 9.98. The number of benzene rings is 3. The highest BCUT2D eigenvalue weighted by Gasteiger charge is 2.35. The third-order valence-corrected chi connectivity index (χ3v) is 6.46. The number of allylic oxidation sites excluding steroid dienone is 1. The summed E-state index contributed by atoms with van der Waals surface area (Å²) in [6.45, 7) is 3.75. The molecule has 36 heavy (non-hydrogen) atoms. The smallest absolute Gasteiger partial charge is 0.337 e. The second-order valence-electron chi connectivity index (χ2n) is 8.88. The molecule has 0 spiro atoms. The summed E-state index contributed by atoms with van der Waals surface area (Å²) in [6.07, 6.45) is 1.68. The minimum atomic E-state index is -0.414. The molecule has 0 saturated carbocycles. The molecular weight excluding hydrogens is 462 g/mol. The molecule has 6 rings (SSSR count). The van der Waals surface area contributed by atoms with Gasteiger partial charge in [-0.2, -0.15) is 0 Å². The Kier molecular flexibility index (Phi) is 5.38. The number of hydrogen-bond donors (Lipinski definition) is 0. The molecule has 0 aromatic heterocycles. The molecule has 3 aliphatic rings. The fraction of sp³-hybridized carbons (Fsp3) is 0.214. The second kappa shape index (κ2) is 8.73. The molecule has 0 aliphatic carbocycles. The molecule has 3 aliphatic heterocycles. The van der Waals surface area contributed by atoms with Crippen LogP contribution in [0.4, 0.5) is 0 Å². The zero-order valence-corrected chi connectivity index (χ0v) is 19.8. The maximum absolute atomic E-state index is 13.3. The van der Waals surface area contributed by atoms with Crippen molar-refractivity contribution in [2.45, 2.75) is 20.0 Å². The van der Waals surface area contributed by atoms with Crippen LogP contribution in [0.1, 0.15) is 43.0 Å². The van der Waals surface area contributed by atoms with Gasteiger partial charge in [-0.05, 0) is 60.0 Å². The number of aryl methyl sites for hydroxylation is 1. The van der Waals surface area contributed by atoms with Crippen LogP contribution in [0.15, 0.2) is 54.3 Å². The molecule has 3 aromatic rings. The van der Waals surface area contributed by atoms with Crippen molar-refractivity contribution in [2.24, 2.45) is 0 Å². The Morgan fingerprint density at radius 1 is 1.03 bits per heavy atom. The van der Waals surface area contributed by atoms with E-state index < -0.39 is 5.97 Å². The Bertz CT molecular complexity index is 1420. The minimum absolute atomic E-state index is 0.171. The van der Waals surface area contributed by atoms with Crippen molar-refractivity contribution >= 4 is 17.8 Å². The van der Waals surface area contributed by atoms with Gasteiger partial charge in [-0.1, -0.05) is 18.2 Å². The van der Waals surface area contributed by atoms with Gasteiger partial charge in [0.05, 0.1) is 23.8 Å². The number of hydrogen-bond acceptors (Lipinski definition) is 8. The highest BCUT2D eigenvalue weighted by Crippen LogP contribution is 2.44. The van der Waals surface area contributed by atoms with Crippen molar-refractivity contribution < 1.29 is 33.3 Å². The zero-order valence-electron chi connectivity index (χ0n) is 19.8. The largest absolute Gasteiger partial charge is 0.478 e. The van der Waals surface area contributed by atoms with Crippen molar-refractivity contribution in [3.63, 3.8) is 0 Å². The molecule has 0 saturated heterocycles. The van der Waals surface area contributed by atoms with Crippen LogP contribution in [0.3, 0.4) is 0 Å². The van der Waals surface area contributed by atoms with Gasteiger partial charge in [0.25, 0.3) is 0 Å². The number of nitrogens with zero attached hydrogens (tertiary/aromatic N) is 1. The van der Waals surface area contributed by atoms with Crippen molar-refractivity contribution in [3.8, 4) is 23.0 Å². The molecule has 8 heteroatoms. The van der Waals surface area contributed by atoms with Crippen LogP contribution in [-0.4, -0.2) is 37.3 Å². The quantitative estimate of drug-likeness (QED) is 0.395. The molecule has 0 atom stereocenters. The highest BCUT2D eigenvalue weighted by atomic mass is 16.7. The number of esters is 1. The number of ketones is 1. The standard InChI is InChI=1S/C28H23NO7/c1-16-9-22-20(13-29(14-33-22)12-18-5-8-21-23(11-18)35-15-34-21)27-25(16)26(30)24(36-27)10-17-3-6-19(7-4-17)28(31)32-2/h3-11H,12-15H2,1-2H3/b24-10-. The molecule has 3 aromatic carbocycles. The molecule has 0 fully saturated rings. The summed E-state index contributed by atoms with van der Waals surface area (Å²) in [6, 6.07) is 14.6. The first-order valence-corrected chi connectivity index (χ1v) is 11.5. The predicted octanol–water partition coefficient (Wildman–Crippen LogP) is 4.48. The number of methoxy groups -OCH3 is 1. The van der Waals surface area contributed by atoms with E-state index in [1.54, 1.807) is 30.3 Å². The number of carbonyl (C=O) groups is 2. The van der Waals surface area contributed by atoms with Gasteiger partial charge in [0.1, 0.15) is 18.2 Å². The molecule has 3 heterocycles. The monoisotopic (exact) mass is 485 g/mol. The number of carbonyl (C=O) groups excluding carboxylic acids is 2. The Hall–Kier alpha value is -4.30. The molecule has 182 valence electrons. The van der Waals surface area contributed by atoms with Gasteiger partial charge in [-0.25, -0.2) is 4.79 Å². The average molecular weight is 485 g/mol. The lowest BCUT2D eigenvalue weighted by Gasteiger charge is -2.30. The second-order valence-corrected chi connectivity index (χ2v) is 8.88. The van der Waals surface area contributed by atoms with Gasteiger partial charge < -0.3 is 23.7 Å². The van der Waals surface area contributed by atoms with Gasteiger partial charge in [0.15, 0.2) is 17.3 Å². The third kappa shape index (κ3) is 3.85. The summed E-state index contributed by atoms with van der Waals surface area (Å²) in [7, 11) is 1.34. The fourth-order valence-corrected chi connectivity index (χ4v) is 4.66. The Morgan fingerprint density at radius 3 is 2.64 bits per heavy atom. The summed E-state index contributed by atoms with van der Waals surface area (Å²) in [4.78, 5) is 27.1. The van der Waals surface area contributed by atoms with Gasteiger partial charge in [-0.3, -0.25) is 9.69 Å². The van der Waals surface area contributed by atoms with Gasteiger partial charge in [-0.15, -0.1) is 0 Å². The van der Waals surface area contributed by atoms with Crippen LogP contribution in [0, 0.1) is 6.92 Å². The summed E-state index contributed by atoms with van der Waals surface area (Å²) in [5.41, 5.74) is 4.46. The van der Waals surface area contributed by atoms with E-state index in [-0.39, 0.29) is 18.3 Å². The van der Waals surface area contributed by atoms with E-state index in [9.17, 15) is 9.59 Å². The number of ether oxygens (including phenoxy) is 5. The lowest BCUT2D eigenvalue weighted by Crippen LogP contribution is -2.31.